The molecule has 0 spiro atoms. The lowest BCUT2D eigenvalue weighted by molar-refractivity contribution is -0.136. The van der Waals surface area contributed by atoms with Crippen LogP contribution < -0.4 is 10.6 Å². The van der Waals surface area contributed by atoms with Crippen LogP contribution in [0.1, 0.15) is 30.0 Å². The fourth-order valence-electron chi connectivity index (χ4n) is 2.90. The fraction of sp³-hybridized carbons (Fsp3) is 0.222. The highest BCUT2D eigenvalue weighted by atomic mass is 35.5. The van der Waals surface area contributed by atoms with Gasteiger partial charge in [-0.05, 0) is 48.6 Å². The van der Waals surface area contributed by atoms with Crippen molar-refractivity contribution in [2.45, 2.75) is 25.3 Å². The molecule has 0 aliphatic heterocycles. The first kappa shape index (κ1) is 16.5. The first-order valence-electron chi connectivity index (χ1n) is 7.69. The molecule has 24 heavy (non-hydrogen) atoms. The third-order valence-electron chi connectivity index (χ3n) is 4.06. The highest BCUT2D eigenvalue weighted by Gasteiger charge is 2.24. The Hall–Kier alpha value is -2.40. The lowest BCUT2D eigenvalue weighted by Crippen LogP contribution is -2.39. The molecule has 2 amide bonds. The molecule has 3 rings (SSSR count). The van der Waals surface area contributed by atoms with Crippen molar-refractivity contribution in [2.24, 2.45) is 0 Å². The molecular formula is C18H16ClFN2O2. The molecule has 1 aliphatic carbocycles. The lowest BCUT2D eigenvalue weighted by atomic mass is 9.88. The molecule has 0 fully saturated rings. The predicted octanol–water partition coefficient (Wildman–Crippen LogP) is 3.61. The van der Waals surface area contributed by atoms with E-state index in [0.29, 0.717) is 0 Å². The van der Waals surface area contributed by atoms with Crippen molar-refractivity contribution in [1.82, 2.24) is 5.32 Å². The minimum Gasteiger partial charge on any atom is -0.341 e. The minimum atomic E-state index is -0.917. The van der Waals surface area contributed by atoms with Crippen molar-refractivity contribution in [1.29, 1.82) is 0 Å². The molecule has 2 aromatic rings. The SMILES string of the molecule is O=C(Nc1cc(Cl)ccc1F)C(=O)N[C@@H]1CCCc2ccccc21. The molecule has 0 saturated carbocycles. The number of hydrogen-bond acceptors (Lipinski definition) is 2. The van der Waals surface area contributed by atoms with Crippen LogP contribution in [-0.4, -0.2) is 11.8 Å². The van der Waals surface area contributed by atoms with Crippen LogP contribution in [0.25, 0.3) is 0 Å². The summed E-state index contributed by atoms with van der Waals surface area (Å²) in [7, 11) is 0. The van der Waals surface area contributed by atoms with Gasteiger partial charge in [-0.1, -0.05) is 35.9 Å². The summed E-state index contributed by atoms with van der Waals surface area (Å²) < 4.78 is 13.6. The average molecular weight is 347 g/mol. The zero-order valence-corrected chi connectivity index (χ0v) is 13.6. The number of rotatable bonds is 2. The second-order valence-electron chi connectivity index (χ2n) is 5.70. The molecule has 6 heteroatoms. The summed E-state index contributed by atoms with van der Waals surface area (Å²) in [5.74, 6) is -2.36. The van der Waals surface area contributed by atoms with Gasteiger partial charge < -0.3 is 10.6 Å². The Morgan fingerprint density at radius 1 is 1.12 bits per heavy atom. The average Bonchev–Trinajstić information content (AvgIpc) is 2.58. The van der Waals surface area contributed by atoms with Gasteiger partial charge in [-0.25, -0.2) is 4.39 Å². The number of fused-ring (bicyclic) bond motifs is 1. The van der Waals surface area contributed by atoms with E-state index >= 15 is 0 Å². The third kappa shape index (κ3) is 3.57. The summed E-state index contributed by atoms with van der Waals surface area (Å²) in [6.07, 6.45) is 2.66. The van der Waals surface area contributed by atoms with Crippen molar-refractivity contribution < 1.29 is 14.0 Å². The van der Waals surface area contributed by atoms with Crippen molar-refractivity contribution in [3.8, 4) is 0 Å². The summed E-state index contributed by atoms with van der Waals surface area (Å²) in [6, 6.07) is 11.4. The van der Waals surface area contributed by atoms with Gasteiger partial charge in [-0.2, -0.15) is 0 Å². The Morgan fingerprint density at radius 2 is 1.92 bits per heavy atom. The van der Waals surface area contributed by atoms with Crippen molar-refractivity contribution in [3.63, 3.8) is 0 Å². The molecule has 0 heterocycles. The molecule has 0 radical (unpaired) electrons. The van der Waals surface area contributed by atoms with E-state index in [1.54, 1.807) is 0 Å². The summed E-state index contributed by atoms with van der Waals surface area (Å²) in [6.45, 7) is 0. The van der Waals surface area contributed by atoms with E-state index in [0.717, 1.165) is 30.9 Å². The van der Waals surface area contributed by atoms with E-state index in [4.69, 9.17) is 11.6 Å². The third-order valence-corrected chi connectivity index (χ3v) is 4.29. The molecule has 0 saturated heterocycles. The number of benzene rings is 2. The molecule has 1 atom stereocenters. The first-order chi connectivity index (χ1) is 11.5. The van der Waals surface area contributed by atoms with E-state index in [1.807, 2.05) is 24.3 Å². The van der Waals surface area contributed by atoms with Gasteiger partial charge >= 0.3 is 11.8 Å². The van der Waals surface area contributed by atoms with Gasteiger partial charge in [0.05, 0.1) is 11.7 Å². The summed E-state index contributed by atoms with van der Waals surface area (Å²) >= 11 is 5.77. The van der Waals surface area contributed by atoms with Gasteiger partial charge in [-0.15, -0.1) is 0 Å². The number of anilines is 1. The second kappa shape index (κ2) is 7.01. The van der Waals surface area contributed by atoms with Crippen LogP contribution in [0.4, 0.5) is 10.1 Å². The van der Waals surface area contributed by atoms with E-state index in [-0.39, 0.29) is 16.8 Å². The lowest BCUT2D eigenvalue weighted by Gasteiger charge is -2.26. The van der Waals surface area contributed by atoms with Crippen LogP contribution in [0.3, 0.4) is 0 Å². The smallest absolute Gasteiger partial charge is 0.313 e. The quantitative estimate of drug-likeness (QED) is 0.816. The van der Waals surface area contributed by atoms with Gasteiger partial charge in [0.1, 0.15) is 5.82 Å². The summed E-state index contributed by atoms with van der Waals surface area (Å²) in [5, 5.41) is 5.25. The van der Waals surface area contributed by atoms with Crippen molar-refractivity contribution in [3.05, 3.63) is 64.4 Å². The zero-order valence-electron chi connectivity index (χ0n) is 12.8. The molecular weight excluding hydrogens is 331 g/mol. The van der Waals surface area contributed by atoms with Crippen LogP contribution in [0.5, 0.6) is 0 Å². The van der Waals surface area contributed by atoms with Gasteiger partial charge in [0.25, 0.3) is 0 Å². The van der Waals surface area contributed by atoms with Gasteiger partial charge in [-0.3, -0.25) is 9.59 Å². The second-order valence-corrected chi connectivity index (χ2v) is 6.13. The number of carbonyl (C=O) groups is 2. The van der Waals surface area contributed by atoms with Crippen LogP contribution in [0.2, 0.25) is 5.02 Å². The first-order valence-corrected chi connectivity index (χ1v) is 8.07. The molecule has 0 aromatic heterocycles. The Kier molecular flexibility index (Phi) is 4.81. The highest BCUT2D eigenvalue weighted by molar-refractivity contribution is 6.40. The maximum Gasteiger partial charge on any atom is 0.313 e. The molecule has 2 aromatic carbocycles. The molecule has 0 bridgehead atoms. The maximum absolute atomic E-state index is 13.6. The number of halogens is 2. The maximum atomic E-state index is 13.6. The Labute approximate surface area is 144 Å². The van der Waals surface area contributed by atoms with Crippen molar-refractivity contribution >= 4 is 29.1 Å². The monoisotopic (exact) mass is 346 g/mol. The van der Waals surface area contributed by atoms with Crippen LogP contribution >= 0.6 is 11.6 Å². The van der Waals surface area contributed by atoms with E-state index in [2.05, 4.69) is 10.6 Å². The van der Waals surface area contributed by atoms with Crippen molar-refractivity contribution in [2.75, 3.05) is 5.32 Å². The summed E-state index contributed by atoms with van der Waals surface area (Å²) in [5.41, 5.74) is 2.08. The minimum absolute atomic E-state index is 0.119. The van der Waals surface area contributed by atoms with Crippen LogP contribution in [0.15, 0.2) is 42.5 Å². The number of amides is 2. The topological polar surface area (TPSA) is 58.2 Å². The predicted molar refractivity (Wildman–Crippen MR) is 90.3 cm³/mol. The normalized spacial score (nSPS) is 16.2. The molecule has 4 nitrogen and oxygen atoms in total. The van der Waals surface area contributed by atoms with Gasteiger partial charge in [0.2, 0.25) is 0 Å². The fourth-order valence-corrected chi connectivity index (χ4v) is 3.07. The largest absolute Gasteiger partial charge is 0.341 e. The number of nitrogens with one attached hydrogen (secondary N) is 2. The number of hydrogen-bond donors (Lipinski definition) is 2. The van der Waals surface area contributed by atoms with E-state index < -0.39 is 17.6 Å². The van der Waals surface area contributed by atoms with Crippen LogP contribution in [-0.2, 0) is 16.0 Å². The number of carbonyl (C=O) groups excluding carboxylic acids is 2. The molecule has 124 valence electrons. The Morgan fingerprint density at radius 3 is 2.75 bits per heavy atom. The molecule has 2 N–H and O–H groups in total. The molecule has 0 unspecified atom stereocenters. The standard InChI is InChI=1S/C18H16ClFN2O2/c19-12-8-9-14(20)16(10-12)22-18(24)17(23)21-15-7-3-5-11-4-1-2-6-13(11)15/h1-2,4,6,8-10,15H,3,5,7H2,(H,21,23)(H,22,24)/t15-/m1/s1. The number of aryl methyl sites for hydroxylation is 1. The zero-order chi connectivity index (χ0) is 17.1. The summed E-state index contributed by atoms with van der Waals surface area (Å²) in [4.78, 5) is 24.2. The van der Waals surface area contributed by atoms with Gasteiger partial charge in [0, 0.05) is 5.02 Å². The highest BCUT2D eigenvalue weighted by Crippen LogP contribution is 2.29. The van der Waals surface area contributed by atoms with E-state index in [1.165, 1.54) is 17.7 Å². The van der Waals surface area contributed by atoms with Crippen LogP contribution in [0, 0.1) is 5.82 Å². The van der Waals surface area contributed by atoms with E-state index in [9.17, 15) is 14.0 Å². The molecule has 1 aliphatic rings. The van der Waals surface area contributed by atoms with Gasteiger partial charge in [0.15, 0.2) is 0 Å². The Bertz CT molecular complexity index is 794. The Balaban J connectivity index is 1.69.